The van der Waals surface area contributed by atoms with E-state index in [0.29, 0.717) is 46.8 Å². The van der Waals surface area contributed by atoms with E-state index in [-0.39, 0.29) is 23.4 Å². The molecule has 0 saturated carbocycles. The van der Waals surface area contributed by atoms with Crippen molar-refractivity contribution in [2.75, 3.05) is 26.9 Å². The second-order valence-electron chi connectivity index (χ2n) is 8.87. The van der Waals surface area contributed by atoms with Crippen LogP contribution in [0.2, 0.25) is 0 Å². The molecule has 4 aromatic rings. The molecule has 180 valence electrons. The molecule has 5 rings (SSSR count). The van der Waals surface area contributed by atoms with Gasteiger partial charge in [0, 0.05) is 24.1 Å². The molecule has 1 aliphatic heterocycles. The van der Waals surface area contributed by atoms with Gasteiger partial charge in [-0.2, -0.15) is 0 Å². The molecule has 8 heteroatoms. The zero-order chi connectivity index (χ0) is 24.9. The van der Waals surface area contributed by atoms with Crippen LogP contribution in [0.25, 0.3) is 27.7 Å². The monoisotopic (exact) mass is 479 g/mol. The molecule has 0 spiro atoms. The van der Waals surface area contributed by atoms with Crippen molar-refractivity contribution in [2.45, 2.75) is 12.3 Å². The zero-order valence-electron chi connectivity index (χ0n) is 19.1. The van der Waals surface area contributed by atoms with E-state index in [1.165, 1.54) is 24.3 Å². The van der Waals surface area contributed by atoms with E-state index in [0.717, 1.165) is 0 Å². The number of fused-ring (bicyclic) bond motifs is 1. The molecule has 1 saturated heterocycles. The Morgan fingerprint density at radius 3 is 2.34 bits per heavy atom. The van der Waals surface area contributed by atoms with Crippen molar-refractivity contribution < 1.29 is 33.3 Å². The molecular formula is C27H23F2NO5. The molecule has 0 atom stereocenters. The number of aryl methyl sites for hydroxylation is 1. The lowest BCUT2D eigenvalue weighted by atomic mass is 9.79. The predicted molar refractivity (Wildman–Crippen MR) is 126 cm³/mol. The number of methoxy groups -OCH3 is 1. The fourth-order valence-electron chi connectivity index (χ4n) is 4.85. The van der Waals surface area contributed by atoms with Crippen LogP contribution >= 0.6 is 0 Å². The molecular weight excluding hydrogens is 456 g/mol. The highest BCUT2D eigenvalue weighted by atomic mass is 19.1. The lowest BCUT2D eigenvalue weighted by Crippen LogP contribution is -2.51. The number of nitrogens with zero attached hydrogens (tertiary/aromatic N) is 1. The highest BCUT2D eigenvalue weighted by molar-refractivity contribution is 6.04. The van der Waals surface area contributed by atoms with Gasteiger partial charge < -0.3 is 24.3 Å². The van der Waals surface area contributed by atoms with Crippen molar-refractivity contribution in [1.29, 1.82) is 0 Å². The maximum atomic E-state index is 14.7. The van der Waals surface area contributed by atoms with Crippen LogP contribution in [0.15, 0.2) is 54.6 Å². The van der Waals surface area contributed by atoms with Crippen LogP contribution in [-0.2, 0) is 14.9 Å². The highest BCUT2D eigenvalue weighted by Gasteiger charge is 2.46. The van der Waals surface area contributed by atoms with Gasteiger partial charge in [0.25, 0.3) is 0 Å². The number of halogens is 2. The van der Waals surface area contributed by atoms with Crippen molar-refractivity contribution in [3.05, 3.63) is 83.1 Å². The van der Waals surface area contributed by atoms with Crippen molar-refractivity contribution in [3.63, 3.8) is 0 Å². The van der Waals surface area contributed by atoms with Crippen LogP contribution in [0.5, 0.6) is 5.75 Å². The summed E-state index contributed by atoms with van der Waals surface area (Å²) in [4.78, 5) is 11.4. The minimum Gasteiger partial charge on any atom is -0.504 e. The van der Waals surface area contributed by atoms with E-state index in [9.17, 15) is 23.8 Å². The van der Waals surface area contributed by atoms with E-state index >= 15 is 0 Å². The summed E-state index contributed by atoms with van der Waals surface area (Å²) < 4.78 is 41.9. The Morgan fingerprint density at radius 2 is 1.77 bits per heavy atom. The third kappa shape index (κ3) is 3.57. The Labute approximate surface area is 200 Å². The summed E-state index contributed by atoms with van der Waals surface area (Å²) in [7, 11) is 1.58. The highest BCUT2D eigenvalue weighted by Crippen LogP contribution is 2.49. The fraction of sp³-hybridized carbons (Fsp3) is 0.222. The first-order valence-corrected chi connectivity index (χ1v) is 11.0. The average Bonchev–Trinajstić information content (AvgIpc) is 3.16. The number of hydrogen-bond acceptors (Lipinski definition) is 4. The Bertz CT molecular complexity index is 1460. The molecule has 0 aliphatic carbocycles. The molecule has 1 aliphatic rings. The number of phenolic OH excluding ortho intramolecular Hbond substituents is 1. The number of aromatic carboxylic acids is 1. The quantitative estimate of drug-likeness (QED) is 0.397. The number of hydrogen-bond donors (Lipinski definition) is 2. The fourth-order valence-corrected chi connectivity index (χ4v) is 4.85. The van der Waals surface area contributed by atoms with Gasteiger partial charge in [-0.25, -0.2) is 13.6 Å². The van der Waals surface area contributed by atoms with Gasteiger partial charge in [-0.3, -0.25) is 0 Å². The molecule has 0 amide bonds. The maximum Gasteiger partial charge on any atom is 0.335 e. The third-order valence-corrected chi connectivity index (χ3v) is 6.56. The summed E-state index contributed by atoms with van der Waals surface area (Å²) in [5, 5.41) is 20.5. The van der Waals surface area contributed by atoms with Crippen LogP contribution in [0.1, 0.15) is 21.6 Å². The maximum absolute atomic E-state index is 14.7. The number of carboxylic acid groups (broad SMARTS) is 1. The lowest BCUT2D eigenvalue weighted by molar-refractivity contribution is -0.0938. The molecule has 2 N–H and O–H groups in total. The van der Waals surface area contributed by atoms with Gasteiger partial charge in [0.1, 0.15) is 5.82 Å². The molecule has 2 heterocycles. The first-order chi connectivity index (χ1) is 16.8. The van der Waals surface area contributed by atoms with E-state index < -0.39 is 23.0 Å². The molecule has 6 nitrogen and oxygen atoms in total. The number of aromatic nitrogens is 1. The first-order valence-electron chi connectivity index (χ1n) is 11.0. The Kier molecular flexibility index (Phi) is 5.57. The minimum absolute atomic E-state index is 0.0992. The SMILES string of the molecule is COCC1(c2c(-c3ccc(C(=O)O)cc3)c3c(O)c(F)ccc3n2-c2ccc(F)c(C)c2)COC1. The number of carbonyl (C=O) groups is 1. The van der Waals surface area contributed by atoms with Gasteiger partial charge in [0.15, 0.2) is 11.6 Å². The molecule has 1 aromatic heterocycles. The van der Waals surface area contributed by atoms with Crippen LogP contribution in [-0.4, -0.2) is 47.7 Å². The summed E-state index contributed by atoms with van der Waals surface area (Å²) >= 11 is 0. The number of phenols is 1. The van der Waals surface area contributed by atoms with Crippen LogP contribution < -0.4 is 0 Å². The summed E-state index contributed by atoms with van der Waals surface area (Å²) in [5.74, 6) is -2.74. The van der Waals surface area contributed by atoms with Crippen LogP contribution in [0.4, 0.5) is 8.78 Å². The molecule has 35 heavy (non-hydrogen) atoms. The molecule has 1 fully saturated rings. The van der Waals surface area contributed by atoms with E-state index in [1.54, 1.807) is 44.4 Å². The second kappa shape index (κ2) is 8.48. The first kappa shape index (κ1) is 23.0. The topological polar surface area (TPSA) is 80.9 Å². The van der Waals surface area contributed by atoms with E-state index in [1.807, 2.05) is 4.57 Å². The van der Waals surface area contributed by atoms with Crippen molar-refractivity contribution >= 4 is 16.9 Å². The average molecular weight is 479 g/mol. The van der Waals surface area contributed by atoms with Gasteiger partial charge in [0.05, 0.1) is 41.7 Å². The van der Waals surface area contributed by atoms with Gasteiger partial charge >= 0.3 is 5.97 Å². The standard InChI is InChI=1S/C27H23F2NO5/c1-15-11-18(7-8-19(15)28)30-21-10-9-20(29)24(31)23(21)22(16-3-5-17(6-4-16)26(32)33)25(30)27(12-34-2)13-35-14-27/h3-11,31H,12-14H2,1-2H3,(H,32,33). The molecule has 0 unspecified atom stereocenters. The van der Waals surface area contributed by atoms with Crippen LogP contribution in [0, 0.1) is 18.6 Å². The number of carboxylic acids is 1. The smallest absolute Gasteiger partial charge is 0.335 e. The second-order valence-corrected chi connectivity index (χ2v) is 8.87. The number of aromatic hydroxyl groups is 1. The summed E-state index contributed by atoms with van der Waals surface area (Å²) in [6.07, 6.45) is 0. The van der Waals surface area contributed by atoms with Gasteiger partial charge in [0.2, 0.25) is 0 Å². The number of ether oxygens (including phenoxy) is 2. The van der Waals surface area contributed by atoms with Crippen molar-refractivity contribution in [1.82, 2.24) is 4.57 Å². The van der Waals surface area contributed by atoms with Gasteiger partial charge in [-0.05, 0) is 60.5 Å². The summed E-state index contributed by atoms with van der Waals surface area (Å²) in [6.45, 7) is 2.58. The predicted octanol–water partition coefficient (Wildman–Crippen LogP) is 5.20. The zero-order valence-corrected chi connectivity index (χ0v) is 19.1. The van der Waals surface area contributed by atoms with Crippen molar-refractivity contribution in [2.24, 2.45) is 0 Å². The van der Waals surface area contributed by atoms with E-state index in [4.69, 9.17) is 9.47 Å². The Morgan fingerprint density at radius 1 is 1.09 bits per heavy atom. The lowest BCUT2D eigenvalue weighted by Gasteiger charge is -2.42. The normalized spacial score (nSPS) is 14.7. The van der Waals surface area contributed by atoms with Crippen molar-refractivity contribution in [3.8, 4) is 22.6 Å². The number of benzene rings is 3. The van der Waals surface area contributed by atoms with E-state index in [2.05, 4.69) is 0 Å². The Hall–Kier alpha value is -3.75. The van der Waals surface area contributed by atoms with Crippen LogP contribution in [0.3, 0.4) is 0 Å². The number of rotatable bonds is 6. The summed E-state index contributed by atoms with van der Waals surface area (Å²) in [5.41, 5.74) is 2.87. The molecule has 0 bridgehead atoms. The Balaban J connectivity index is 1.94. The minimum atomic E-state index is -1.07. The largest absolute Gasteiger partial charge is 0.504 e. The van der Waals surface area contributed by atoms with Gasteiger partial charge in [-0.15, -0.1) is 0 Å². The third-order valence-electron chi connectivity index (χ3n) is 6.56. The summed E-state index contributed by atoms with van der Waals surface area (Å²) in [6, 6.07) is 13.6. The van der Waals surface area contributed by atoms with Gasteiger partial charge in [-0.1, -0.05) is 12.1 Å². The molecule has 3 aromatic carbocycles. The molecule has 0 radical (unpaired) electrons.